The first-order valence-corrected chi connectivity index (χ1v) is 8.17. The number of hydrogen-bond acceptors (Lipinski definition) is 3. The van der Waals surface area contributed by atoms with Crippen molar-refractivity contribution in [2.75, 3.05) is 0 Å². The Morgan fingerprint density at radius 1 is 1.27 bits per heavy atom. The number of benzene rings is 1. The van der Waals surface area contributed by atoms with Gasteiger partial charge in [-0.05, 0) is 31.0 Å². The lowest BCUT2D eigenvalue weighted by Crippen LogP contribution is -2.04. The number of aldehydes is 1. The average Bonchev–Trinajstić information content (AvgIpc) is 3.11. The fourth-order valence-electron chi connectivity index (χ4n) is 3.11. The van der Waals surface area contributed by atoms with Gasteiger partial charge in [0.05, 0.1) is 17.1 Å². The molecular weight excluding hydrogens is 292 g/mol. The summed E-state index contributed by atoms with van der Waals surface area (Å²) in [6.07, 6.45) is 1.71. The maximum Gasteiger partial charge on any atom is 0.170 e. The smallest absolute Gasteiger partial charge is 0.170 e. The van der Waals surface area contributed by atoms with Gasteiger partial charge in [0.2, 0.25) is 0 Å². The van der Waals surface area contributed by atoms with E-state index in [2.05, 4.69) is 49.3 Å². The summed E-state index contributed by atoms with van der Waals surface area (Å²) >= 11 is 1.79. The molecule has 0 radical (unpaired) electrons. The minimum absolute atomic E-state index is 0.586. The Labute approximate surface area is 133 Å². The summed E-state index contributed by atoms with van der Waals surface area (Å²) in [7, 11) is 0. The van der Waals surface area contributed by atoms with Crippen molar-refractivity contribution in [1.29, 1.82) is 0 Å². The van der Waals surface area contributed by atoms with Crippen LogP contribution in [0.15, 0.2) is 30.3 Å². The topological polar surface area (TPSA) is 34.9 Å². The molecule has 0 aliphatic heterocycles. The van der Waals surface area contributed by atoms with Crippen LogP contribution in [-0.2, 0) is 13.0 Å². The van der Waals surface area contributed by atoms with E-state index in [-0.39, 0.29) is 0 Å². The molecule has 1 aliphatic rings. The van der Waals surface area contributed by atoms with E-state index in [4.69, 9.17) is 0 Å². The summed E-state index contributed by atoms with van der Waals surface area (Å²) in [5, 5.41) is 4.53. The molecule has 0 bridgehead atoms. The normalized spacial score (nSPS) is 12.3. The monoisotopic (exact) mass is 308 g/mol. The SMILES string of the molecule is Cc1ccc(Cn2nc(C=O)c3c2-c2sc(C)cc2C3)cc1. The van der Waals surface area contributed by atoms with Gasteiger partial charge in [0.25, 0.3) is 0 Å². The van der Waals surface area contributed by atoms with Crippen molar-refractivity contribution >= 4 is 17.6 Å². The number of carbonyl (C=O) groups excluding carboxylic acids is 1. The van der Waals surface area contributed by atoms with E-state index < -0.39 is 0 Å². The molecule has 2 aromatic heterocycles. The molecule has 2 heterocycles. The van der Waals surface area contributed by atoms with Gasteiger partial charge in [0, 0.05) is 16.9 Å². The van der Waals surface area contributed by atoms with Crippen LogP contribution in [0.5, 0.6) is 0 Å². The van der Waals surface area contributed by atoms with E-state index in [0.717, 1.165) is 24.0 Å². The summed E-state index contributed by atoms with van der Waals surface area (Å²) in [5.41, 5.74) is 6.59. The standard InChI is InChI=1S/C18H16N2OS/c1-11-3-5-13(6-4-11)9-20-17-15(16(10-21)19-20)8-14-7-12(2)22-18(14)17/h3-7,10H,8-9H2,1-2H3. The molecule has 0 fully saturated rings. The second-order valence-corrected chi connectivity index (χ2v) is 7.12. The lowest BCUT2D eigenvalue weighted by atomic mass is 10.1. The predicted octanol–water partition coefficient (Wildman–Crippen LogP) is 3.99. The summed E-state index contributed by atoms with van der Waals surface area (Å²) < 4.78 is 1.99. The number of fused-ring (bicyclic) bond motifs is 3. The Morgan fingerprint density at radius 3 is 2.77 bits per heavy atom. The van der Waals surface area contributed by atoms with Crippen LogP contribution in [0, 0.1) is 13.8 Å². The second kappa shape index (κ2) is 4.92. The zero-order valence-corrected chi connectivity index (χ0v) is 13.4. The number of thiophene rings is 1. The molecule has 0 unspecified atom stereocenters. The van der Waals surface area contributed by atoms with Crippen LogP contribution < -0.4 is 0 Å². The van der Waals surface area contributed by atoms with E-state index in [1.807, 2.05) is 4.68 Å². The molecule has 3 aromatic rings. The minimum Gasteiger partial charge on any atom is -0.296 e. The van der Waals surface area contributed by atoms with Crippen LogP contribution in [0.25, 0.3) is 10.6 Å². The molecule has 110 valence electrons. The van der Waals surface area contributed by atoms with Gasteiger partial charge in [0.15, 0.2) is 6.29 Å². The Bertz CT molecular complexity index is 871. The van der Waals surface area contributed by atoms with Crippen molar-refractivity contribution in [3.05, 3.63) is 63.2 Å². The Hall–Kier alpha value is -2.20. The van der Waals surface area contributed by atoms with Crippen LogP contribution in [0.4, 0.5) is 0 Å². The van der Waals surface area contributed by atoms with E-state index in [9.17, 15) is 4.79 Å². The van der Waals surface area contributed by atoms with Crippen LogP contribution in [-0.4, -0.2) is 16.1 Å². The third-order valence-corrected chi connectivity index (χ3v) is 5.26. The summed E-state index contributed by atoms with van der Waals surface area (Å²) in [4.78, 5) is 13.9. The highest BCUT2D eigenvalue weighted by molar-refractivity contribution is 7.15. The molecule has 0 atom stereocenters. The van der Waals surface area contributed by atoms with Crippen molar-refractivity contribution in [2.24, 2.45) is 0 Å². The number of hydrogen-bond donors (Lipinski definition) is 0. The Kier molecular flexibility index (Phi) is 3.01. The number of aryl methyl sites for hydroxylation is 2. The number of rotatable bonds is 3. The first-order valence-electron chi connectivity index (χ1n) is 7.36. The molecule has 0 saturated carbocycles. The van der Waals surface area contributed by atoms with E-state index in [0.29, 0.717) is 12.2 Å². The maximum absolute atomic E-state index is 11.3. The van der Waals surface area contributed by atoms with Crippen molar-refractivity contribution < 1.29 is 4.79 Å². The quantitative estimate of drug-likeness (QED) is 0.536. The number of nitrogens with zero attached hydrogens (tertiary/aromatic N) is 2. The van der Waals surface area contributed by atoms with Crippen molar-refractivity contribution in [3.8, 4) is 10.6 Å². The molecule has 0 amide bonds. The lowest BCUT2D eigenvalue weighted by molar-refractivity contribution is 0.111. The zero-order chi connectivity index (χ0) is 15.3. The van der Waals surface area contributed by atoms with Gasteiger partial charge in [-0.15, -0.1) is 11.3 Å². The van der Waals surface area contributed by atoms with Crippen LogP contribution in [0.2, 0.25) is 0 Å². The number of carbonyl (C=O) groups is 1. The predicted molar refractivity (Wildman–Crippen MR) is 88.8 cm³/mol. The molecule has 22 heavy (non-hydrogen) atoms. The van der Waals surface area contributed by atoms with Gasteiger partial charge >= 0.3 is 0 Å². The third-order valence-electron chi connectivity index (χ3n) is 4.16. The maximum atomic E-state index is 11.3. The average molecular weight is 308 g/mol. The van der Waals surface area contributed by atoms with Crippen molar-refractivity contribution in [2.45, 2.75) is 26.8 Å². The van der Waals surface area contributed by atoms with Crippen LogP contribution in [0.3, 0.4) is 0 Å². The van der Waals surface area contributed by atoms with Crippen molar-refractivity contribution in [1.82, 2.24) is 9.78 Å². The molecular formula is C18H16N2OS. The zero-order valence-electron chi connectivity index (χ0n) is 12.6. The minimum atomic E-state index is 0.586. The highest BCUT2D eigenvalue weighted by Gasteiger charge is 2.29. The highest BCUT2D eigenvalue weighted by Crippen LogP contribution is 2.43. The molecule has 3 nitrogen and oxygen atoms in total. The second-order valence-electron chi connectivity index (χ2n) is 5.86. The van der Waals surface area contributed by atoms with Gasteiger partial charge in [-0.2, -0.15) is 5.10 Å². The summed E-state index contributed by atoms with van der Waals surface area (Å²) in [6.45, 7) is 4.91. The number of aromatic nitrogens is 2. The molecule has 4 rings (SSSR count). The fraction of sp³-hybridized carbons (Fsp3) is 0.222. The van der Waals surface area contributed by atoms with Crippen LogP contribution >= 0.6 is 11.3 Å². The summed E-state index contributed by atoms with van der Waals surface area (Å²) in [5.74, 6) is 0. The largest absolute Gasteiger partial charge is 0.296 e. The summed E-state index contributed by atoms with van der Waals surface area (Å²) in [6, 6.07) is 10.7. The van der Waals surface area contributed by atoms with Gasteiger partial charge in [-0.1, -0.05) is 29.8 Å². The van der Waals surface area contributed by atoms with Gasteiger partial charge in [-0.3, -0.25) is 9.48 Å². The molecule has 1 aromatic carbocycles. The fourth-order valence-corrected chi connectivity index (χ4v) is 4.22. The molecule has 4 heteroatoms. The first kappa shape index (κ1) is 13.5. The molecule has 0 spiro atoms. The van der Waals surface area contributed by atoms with Gasteiger partial charge < -0.3 is 0 Å². The molecule has 0 N–H and O–H groups in total. The van der Waals surface area contributed by atoms with E-state index in [1.54, 1.807) is 11.3 Å². The highest BCUT2D eigenvalue weighted by atomic mass is 32.1. The van der Waals surface area contributed by atoms with E-state index >= 15 is 0 Å². The van der Waals surface area contributed by atoms with Gasteiger partial charge in [0.1, 0.15) is 5.69 Å². The molecule has 1 aliphatic carbocycles. The lowest BCUT2D eigenvalue weighted by Gasteiger charge is -2.06. The Morgan fingerprint density at radius 2 is 2.05 bits per heavy atom. The van der Waals surface area contributed by atoms with Crippen LogP contribution in [0.1, 0.15) is 37.6 Å². The Balaban J connectivity index is 1.81. The molecule has 0 saturated heterocycles. The van der Waals surface area contributed by atoms with Crippen molar-refractivity contribution in [3.63, 3.8) is 0 Å². The third kappa shape index (κ3) is 2.03. The first-order chi connectivity index (χ1) is 10.7. The van der Waals surface area contributed by atoms with E-state index in [1.165, 1.54) is 26.4 Å². The van der Waals surface area contributed by atoms with Gasteiger partial charge in [-0.25, -0.2) is 0 Å².